The summed E-state index contributed by atoms with van der Waals surface area (Å²) >= 11 is 0. The van der Waals surface area contributed by atoms with Crippen molar-refractivity contribution in [3.8, 4) is 11.3 Å². The highest BCUT2D eigenvalue weighted by Gasteiger charge is 2.30. The molecule has 12 nitrogen and oxygen atoms in total. The maximum absolute atomic E-state index is 13.3. The Balaban J connectivity index is 1.05. The van der Waals surface area contributed by atoms with Crippen LogP contribution in [0.4, 0.5) is 16.2 Å². The van der Waals surface area contributed by atoms with Crippen LogP contribution in [0.15, 0.2) is 61.4 Å². The van der Waals surface area contributed by atoms with Gasteiger partial charge in [-0.15, -0.1) is 0 Å². The third-order valence-corrected chi connectivity index (χ3v) is 8.15. The van der Waals surface area contributed by atoms with Gasteiger partial charge in [-0.3, -0.25) is 4.68 Å². The van der Waals surface area contributed by atoms with Crippen LogP contribution in [0, 0.1) is 5.82 Å². The fraction of sp³-hybridized carbons (Fsp3) is 0.345. The fourth-order valence-electron chi connectivity index (χ4n) is 5.57. The minimum absolute atomic E-state index is 0.196. The van der Waals surface area contributed by atoms with Gasteiger partial charge in [-0.1, -0.05) is 12.1 Å². The summed E-state index contributed by atoms with van der Waals surface area (Å²) in [7, 11) is 0. The number of hydrogen-bond donors (Lipinski definition) is 3. The Morgan fingerprint density at radius 1 is 0.952 bits per heavy atom. The van der Waals surface area contributed by atoms with Crippen LogP contribution in [0.2, 0.25) is 0 Å². The van der Waals surface area contributed by atoms with Crippen molar-refractivity contribution in [2.45, 2.75) is 24.7 Å². The number of piperazine rings is 1. The normalized spacial score (nSPS) is 20.8. The van der Waals surface area contributed by atoms with Crippen LogP contribution in [-0.2, 0) is 10.3 Å². The first-order valence-electron chi connectivity index (χ1n) is 13.8. The van der Waals surface area contributed by atoms with E-state index in [0.717, 1.165) is 28.1 Å². The maximum atomic E-state index is 13.3. The molecule has 216 valence electrons. The molecule has 0 saturated carbocycles. The van der Waals surface area contributed by atoms with E-state index < -0.39 is 11.7 Å². The molecule has 6 heterocycles. The molecule has 0 aliphatic carbocycles. The molecule has 13 heteroatoms. The summed E-state index contributed by atoms with van der Waals surface area (Å²) in [5.74, 6) is 1.07. The Bertz CT molecular complexity index is 1700. The van der Waals surface area contributed by atoms with Crippen LogP contribution in [0.3, 0.4) is 0 Å². The predicted octanol–water partition coefficient (Wildman–Crippen LogP) is 2.27. The van der Waals surface area contributed by atoms with E-state index in [4.69, 9.17) is 4.74 Å². The monoisotopic (exact) mass is 571 g/mol. The third kappa shape index (κ3) is 4.74. The van der Waals surface area contributed by atoms with Crippen LogP contribution in [0.25, 0.3) is 22.3 Å². The average molecular weight is 572 g/mol. The Kier molecular flexibility index (Phi) is 6.56. The highest BCUT2D eigenvalue weighted by Crippen LogP contribution is 2.31. The van der Waals surface area contributed by atoms with Gasteiger partial charge < -0.3 is 29.7 Å². The molecular weight excluding hydrogens is 541 g/mol. The van der Waals surface area contributed by atoms with Gasteiger partial charge in [0.05, 0.1) is 30.5 Å². The zero-order chi connectivity index (χ0) is 28.8. The summed E-state index contributed by atoms with van der Waals surface area (Å²) in [4.78, 5) is 25.8. The van der Waals surface area contributed by atoms with Crippen LogP contribution in [-0.4, -0.2) is 90.4 Å². The van der Waals surface area contributed by atoms with Crippen LogP contribution < -0.4 is 9.80 Å². The smallest absolute Gasteiger partial charge is 0.225 e. The van der Waals surface area contributed by atoms with E-state index in [2.05, 4.69) is 39.8 Å². The molecule has 5 aromatic rings. The molecular formula is C29H30FN9O3. The summed E-state index contributed by atoms with van der Waals surface area (Å²) in [5.41, 5.74) is 2.25. The summed E-state index contributed by atoms with van der Waals surface area (Å²) in [6.07, 6.45) is 7.91. The van der Waals surface area contributed by atoms with Crippen molar-refractivity contribution in [2.75, 3.05) is 49.2 Å². The molecule has 2 saturated heterocycles. The number of aromatic amines is 1. The first-order chi connectivity index (χ1) is 20.4. The molecule has 2 aliphatic rings. The van der Waals surface area contributed by atoms with E-state index in [-0.39, 0.29) is 11.9 Å². The largest absolute Gasteiger partial charge is 0.388 e. The van der Waals surface area contributed by atoms with Crippen molar-refractivity contribution in [1.82, 2.24) is 34.7 Å². The number of nitrogens with one attached hydrogen (secondary N) is 1. The predicted molar refractivity (Wildman–Crippen MR) is 153 cm³/mol. The number of nitrogens with zero attached hydrogens (tertiary/aromatic N) is 8. The number of aliphatic hydroxyl groups excluding tert-OH is 1. The van der Waals surface area contributed by atoms with E-state index in [9.17, 15) is 14.6 Å². The molecule has 0 spiro atoms. The van der Waals surface area contributed by atoms with Crippen molar-refractivity contribution in [1.29, 1.82) is 0 Å². The molecule has 3 N–H and O–H groups in total. The molecule has 0 unspecified atom stereocenters. The number of benzene rings is 1. The second kappa shape index (κ2) is 10.4. The Morgan fingerprint density at radius 2 is 1.69 bits per heavy atom. The summed E-state index contributed by atoms with van der Waals surface area (Å²) in [6, 6.07) is 7.61. The maximum Gasteiger partial charge on any atom is 0.225 e. The molecule has 2 aliphatic heterocycles. The SMILES string of the molecule is C[C@](O)(c1ccc(F)cc1)c1cnc(N2CCN(c3ncnc4[nH]c(-c5cnn([C@@H]6COC[C@H]6O)c5)cc34)CC2)nc1. The van der Waals surface area contributed by atoms with E-state index in [1.807, 2.05) is 12.3 Å². The summed E-state index contributed by atoms with van der Waals surface area (Å²) in [5, 5.41) is 26.6. The number of rotatable bonds is 6. The molecule has 4 aromatic heterocycles. The number of anilines is 2. The lowest BCUT2D eigenvalue weighted by atomic mass is 9.90. The quantitative estimate of drug-likeness (QED) is 0.278. The van der Waals surface area contributed by atoms with E-state index in [1.165, 1.54) is 12.1 Å². The molecule has 7 rings (SSSR count). The number of H-pyrrole nitrogens is 1. The Hall–Kier alpha value is -4.46. The zero-order valence-electron chi connectivity index (χ0n) is 22.9. The van der Waals surface area contributed by atoms with Gasteiger partial charge in [0, 0.05) is 55.9 Å². The van der Waals surface area contributed by atoms with Crippen LogP contribution in [0.5, 0.6) is 0 Å². The number of aromatic nitrogens is 7. The summed E-state index contributed by atoms with van der Waals surface area (Å²) in [6.45, 7) is 5.19. The number of aliphatic hydroxyl groups is 2. The topological polar surface area (TPSA) is 141 Å². The van der Waals surface area contributed by atoms with Crippen molar-refractivity contribution >= 4 is 22.8 Å². The van der Waals surface area contributed by atoms with Crippen molar-refractivity contribution < 1.29 is 19.3 Å². The lowest BCUT2D eigenvalue weighted by molar-refractivity contribution is 0.101. The molecule has 1 aromatic carbocycles. The molecule has 0 amide bonds. The molecule has 3 atom stereocenters. The van der Waals surface area contributed by atoms with E-state index in [0.29, 0.717) is 56.5 Å². The number of halogens is 1. The van der Waals surface area contributed by atoms with Gasteiger partial charge in [0.15, 0.2) is 0 Å². The lowest BCUT2D eigenvalue weighted by Crippen LogP contribution is -2.47. The lowest BCUT2D eigenvalue weighted by Gasteiger charge is -2.35. The van der Waals surface area contributed by atoms with Gasteiger partial charge in [0.1, 0.15) is 41.4 Å². The second-order valence-corrected chi connectivity index (χ2v) is 10.8. The molecule has 2 fully saturated rings. The van der Waals surface area contributed by atoms with Crippen LogP contribution >= 0.6 is 0 Å². The summed E-state index contributed by atoms with van der Waals surface area (Å²) < 4.78 is 20.5. The van der Waals surface area contributed by atoms with Gasteiger partial charge in [-0.05, 0) is 30.7 Å². The van der Waals surface area contributed by atoms with Gasteiger partial charge in [0.25, 0.3) is 0 Å². The first kappa shape index (κ1) is 26.4. The first-order valence-corrected chi connectivity index (χ1v) is 13.8. The van der Waals surface area contributed by atoms with E-state index >= 15 is 0 Å². The average Bonchev–Trinajstić information content (AvgIpc) is 3.77. The molecule has 0 radical (unpaired) electrons. The zero-order valence-corrected chi connectivity index (χ0v) is 22.9. The minimum Gasteiger partial charge on any atom is -0.388 e. The van der Waals surface area contributed by atoms with Crippen molar-refractivity contribution in [3.63, 3.8) is 0 Å². The molecule has 0 bridgehead atoms. The van der Waals surface area contributed by atoms with Crippen molar-refractivity contribution in [2.24, 2.45) is 0 Å². The number of hydrogen-bond acceptors (Lipinski definition) is 10. The fourth-order valence-corrected chi connectivity index (χ4v) is 5.57. The van der Waals surface area contributed by atoms with E-state index in [1.54, 1.807) is 48.7 Å². The second-order valence-electron chi connectivity index (χ2n) is 10.8. The number of fused-ring (bicyclic) bond motifs is 1. The number of ether oxygens (including phenoxy) is 1. The minimum atomic E-state index is -1.34. The van der Waals surface area contributed by atoms with Crippen molar-refractivity contribution in [3.05, 3.63) is 78.4 Å². The van der Waals surface area contributed by atoms with Gasteiger partial charge in [-0.2, -0.15) is 5.10 Å². The molecule has 42 heavy (non-hydrogen) atoms. The van der Waals surface area contributed by atoms with Crippen LogP contribution in [0.1, 0.15) is 24.1 Å². The van der Waals surface area contributed by atoms with Gasteiger partial charge in [0.2, 0.25) is 5.95 Å². The van der Waals surface area contributed by atoms with Gasteiger partial charge in [-0.25, -0.2) is 24.3 Å². The standard InChI is InChI=1S/C29H30FN9O3/c1-29(41,19-2-4-21(30)5-3-19)20-12-31-28(32-13-20)38-8-6-37(7-9-38)27-22-10-23(36-26(22)33-17-34-27)18-11-35-39(14-18)24-15-42-16-25(24)40/h2-5,10-14,17,24-25,40-41H,6-9,15-16H2,1H3,(H,33,34,36)/t24-,25-,29+/m1/s1. The highest BCUT2D eigenvalue weighted by atomic mass is 19.1. The Labute approximate surface area is 240 Å². The third-order valence-electron chi connectivity index (χ3n) is 8.15. The Morgan fingerprint density at radius 3 is 2.40 bits per heavy atom. The van der Waals surface area contributed by atoms with Gasteiger partial charge >= 0.3 is 0 Å². The highest BCUT2D eigenvalue weighted by molar-refractivity contribution is 5.91.